The third-order valence-corrected chi connectivity index (χ3v) is 10.4. The molecule has 230 valence electrons. The molecule has 7 nitrogen and oxygen atoms in total. The molecule has 2 aromatic carbocycles. The highest BCUT2D eigenvalue weighted by atomic mass is 19.4. The van der Waals surface area contributed by atoms with Gasteiger partial charge >= 0.3 is 6.36 Å². The second-order valence-electron chi connectivity index (χ2n) is 13.2. The third-order valence-electron chi connectivity index (χ3n) is 10.4. The van der Waals surface area contributed by atoms with Crippen molar-refractivity contribution in [2.75, 3.05) is 0 Å². The summed E-state index contributed by atoms with van der Waals surface area (Å²) in [5.74, 6) is 3.26. The highest BCUT2D eigenvalue weighted by Crippen LogP contribution is 2.71. The molecule has 4 aromatic rings. The number of nitrogens with one attached hydrogen (secondary N) is 1. The van der Waals surface area contributed by atoms with Gasteiger partial charge in [0.1, 0.15) is 17.2 Å². The number of halogens is 3. The molecule has 1 N–H and O–H groups in total. The van der Waals surface area contributed by atoms with Gasteiger partial charge in [-0.15, -0.1) is 13.2 Å². The van der Waals surface area contributed by atoms with Crippen LogP contribution in [-0.2, 0) is 17.8 Å². The van der Waals surface area contributed by atoms with E-state index in [0.717, 1.165) is 61.3 Å². The fraction of sp³-hybridized carbons (Fsp3) is 0.471. The summed E-state index contributed by atoms with van der Waals surface area (Å²) in [6.07, 6.45) is 3.85. The molecular weight excluding hydrogens is 573 g/mol. The Balaban J connectivity index is 0.942. The van der Waals surface area contributed by atoms with Crippen LogP contribution in [0.4, 0.5) is 13.2 Å². The molecular formula is C34H33F3N2O5. The normalized spacial score (nSPS) is 27.6. The first-order chi connectivity index (χ1) is 21.2. The molecule has 0 bridgehead atoms. The van der Waals surface area contributed by atoms with Crippen LogP contribution in [0, 0.1) is 23.2 Å². The lowest BCUT2D eigenvalue weighted by atomic mass is 9.37. The standard InChI is InChI=1S/C34H33F3N2O5/c35-34(36,37)42-27-4-2-1-3-25(27)31-26(32(44-39-31)21-9-10-21)18-41-24-12-11-22-16-33(17-23(13-24)30(22)33)15-19-5-7-20(8-6-19)28-14-29(40)38-43-28/h1-8,14,21-24,30H,9-13,15-18H2,(H,38,40)/t22-,23-,24+,30?,33?/m1/s1. The quantitative estimate of drug-likeness (QED) is 0.208. The minimum absolute atomic E-state index is 0.0929. The molecule has 4 saturated carbocycles. The van der Waals surface area contributed by atoms with Gasteiger partial charge < -0.3 is 18.5 Å². The number of nitrogens with zero attached hydrogens (tertiary/aromatic N) is 1. The predicted octanol–water partition coefficient (Wildman–Crippen LogP) is 8.02. The van der Waals surface area contributed by atoms with Gasteiger partial charge in [-0.2, -0.15) is 5.16 Å². The second kappa shape index (κ2) is 10.4. The number of rotatable bonds is 9. The number of hydrogen-bond acceptors (Lipinski definition) is 6. The Morgan fingerprint density at radius 1 is 1.00 bits per heavy atom. The molecule has 44 heavy (non-hydrogen) atoms. The molecule has 0 aliphatic heterocycles. The van der Waals surface area contributed by atoms with Crippen molar-refractivity contribution in [3.05, 3.63) is 81.8 Å². The van der Waals surface area contributed by atoms with Crippen molar-refractivity contribution >= 4 is 0 Å². The summed E-state index contributed by atoms with van der Waals surface area (Å²) < 4.78 is 61.3. The van der Waals surface area contributed by atoms with E-state index in [2.05, 4.69) is 27.2 Å². The van der Waals surface area contributed by atoms with Crippen molar-refractivity contribution < 1.29 is 31.7 Å². The van der Waals surface area contributed by atoms with Crippen molar-refractivity contribution in [1.29, 1.82) is 0 Å². The maximum atomic E-state index is 13.1. The maximum Gasteiger partial charge on any atom is 0.573 e. The average molecular weight is 607 g/mol. The van der Waals surface area contributed by atoms with Gasteiger partial charge in [-0.05, 0) is 92.2 Å². The van der Waals surface area contributed by atoms with Gasteiger partial charge in [0.15, 0.2) is 5.76 Å². The van der Waals surface area contributed by atoms with Crippen LogP contribution in [0.1, 0.15) is 67.8 Å². The molecule has 5 atom stereocenters. The molecule has 0 amide bonds. The molecule has 4 fully saturated rings. The molecule has 0 radical (unpaired) electrons. The smallest absolute Gasteiger partial charge is 0.405 e. The van der Waals surface area contributed by atoms with E-state index in [9.17, 15) is 18.0 Å². The van der Waals surface area contributed by atoms with Gasteiger partial charge in [0.2, 0.25) is 0 Å². The fourth-order valence-electron chi connectivity index (χ4n) is 8.53. The first-order valence-electron chi connectivity index (χ1n) is 15.5. The number of benzene rings is 2. The lowest BCUT2D eigenvalue weighted by molar-refractivity contribution is -0.274. The van der Waals surface area contributed by atoms with E-state index in [1.165, 1.54) is 36.6 Å². The first kappa shape index (κ1) is 27.7. The van der Waals surface area contributed by atoms with Crippen molar-refractivity contribution in [3.8, 4) is 28.3 Å². The van der Waals surface area contributed by atoms with Gasteiger partial charge in [-0.1, -0.05) is 41.6 Å². The molecule has 4 aliphatic carbocycles. The minimum atomic E-state index is -4.81. The number of aromatic nitrogens is 2. The molecule has 2 unspecified atom stereocenters. The van der Waals surface area contributed by atoms with Crippen LogP contribution in [0.15, 0.2) is 68.4 Å². The minimum Gasteiger partial charge on any atom is -0.405 e. The van der Waals surface area contributed by atoms with Gasteiger partial charge in [-0.25, -0.2) is 0 Å². The van der Waals surface area contributed by atoms with Crippen LogP contribution in [0.3, 0.4) is 0 Å². The summed E-state index contributed by atoms with van der Waals surface area (Å²) in [5, 5.41) is 6.57. The van der Waals surface area contributed by atoms with Crippen molar-refractivity contribution in [3.63, 3.8) is 0 Å². The number of H-pyrrole nitrogens is 1. The Labute approximate surface area is 251 Å². The Morgan fingerprint density at radius 3 is 2.55 bits per heavy atom. The van der Waals surface area contributed by atoms with Crippen molar-refractivity contribution in [1.82, 2.24) is 10.3 Å². The number of para-hydroxylation sites is 1. The first-order valence-corrected chi connectivity index (χ1v) is 15.5. The zero-order valence-corrected chi connectivity index (χ0v) is 24.1. The molecule has 2 heterocycles. The molecule has 10 heteroatoms. The molecule has 4 aliphatic rings. The van der Waals surface area contributed by atoms with Crippen LogP contribution < -0.4 is 10.3 Å². The number of aromatic amines is 1. The van der Waals surface area contributed by atoms with E-state index in [1.807, 2.05) is 12.1 Å². The average Bonchev–Trinajstić information content (AvgIpc) is 3.60. The molecule has 0 spiro atoms. The van der Waals surface area contributed by atoms with Gasteiger partial charge in [0, 0.05) is 22.6 Å². The summed E-state index contributed by atoms with van der Waals surface area (Å²) in [6.45, 7) is 0.260. The highest BCUT2D eigenvalue weighted by Gasteiger charge is 2.64. The van der Waals surface area contributed by atoms with E-state index >= 15 is 0 Å². The Bertz CT molecular complexity index is 1720. The van der Waals surface area contributed by atoms with E-state index in [1.54, 1.807) is 12.1 Å². The largest absolute Gasteiger partial charge is 0.573 e. The van der Waals surface area contributed by atoms with Crippen molar-refractivity contribution in [2.45, 2.75) is 76.4 Å². The summed E-state index contributed by atoms with van der Waals surface area (Å²) in [7, 11) is 0. The maximum absolute atomic E-state index is 13.1. The summed E-state index contributed by atoms with van der Waals surface area (Å²) in [5.41, 5.74) is 3.67. The van der Waals surface area contributed by atoms with Gasteiger partial charge in [-0.3, -0.25) is 4.79 Å². The summed E-state index contributed by atoms with van der Waals surface area (Å²) >= 11 is 0. The highest BCUT2D eigenvalue weighted by molar-refractivity contribution is 5.70. The molecule has 8 rings (SSSR count). The fourth-order valence-corrected chi connectivity index (χ4v) is 8.53. The second-order valence-corrected chi connectivity index (χ2v) is 13.2. The molecule has 0 saturated heterocycles. The monoisotopic (exact) mass is 606 g/mol. The van der Waals surface area contributed by atoms with Crippen LogP contribution in [0.2, 0.25) is 0 Å². The van der Waals surface area contributed by atoms with E-state index in [4.69, 9.17) is 13.8 Å². The van der Waals surface area contributed by atoms with E-state index < -0.39 is 6.36 Å². The lowest BCUT2D eigenvalue weighted by Crippen LogP contribution is -2.61. The zero-order chi connectivity index (χ0) is 30.1. The lowest BCUT2D eigenvalue weighted by Gasteiger charge is -2.68. The van der Waals surface area contributed by atoms with Crippen LogP contribution >= 0.6 is 0 Å². The Kier molecular flexibility index (Phi) is 6.55. The van der Waals surface area contributed by atoms with Gasteiger partial charge in [0.05, 0.1) is 18.8 Å². The number of ether oxygens (including phenoxy) is 2. The topological polar surface area (TPSA) is 90.5 Å². The number of hydrogen-bond donors (Lipinski definition) is 1. The third kappa shape index (κ3) is 5.06. The van der Waals surface area contributed by atoms with E-state index in [-0.39, 0.29) is 35.5 Å². The summed E-state index contributed by atoms with van der Waals surface area (Å²) in [4.78, 5) is 11.4. The Hall–Kier alpha value is -3.79. The van der Waals surface area contributed by atoms with Crippen LogP contribution in [0.25, 0.3) is 22.6 Å². The molecule has 2 aromatic heterocycles. The van der Waals surface area contributed by atoms with Crippen LogP contribution in [0.5, 0.6) is 5.75 Å². The summed E-state index contributed by atoms with van der Waals surface area (Å²) in [6, 6.07) is 15.9. The van der Waals surface area contributed by atoms with E-state index in [0.29, 0.717) is 28.7 Å². The SMILES string of the molecule is O=c1cc(-c2ccc(CC34C[C@H]5CC[C@H](OCc6c(-c7ccccc7OC(F)(F)F)noc6C6CC6)C[C@H](C3)C54)cc2)o[nH]1. The van der Waals surface area contributed by atoms with Gasteiger partial charge in [0.25, 0.3) is 5.56 Å². The predicted molar refractivity (Wildman–Crippen MR) is 154 cm³/mol. The van der Waals surface area contributed by atoms with Crippen LogP contribution in [-0.4, -0.2) is 22.8 Å². The Morgan fingerprint density at radius 2 is 1.80 bits per heavy atom. The number of alkyl halides is 3. The zero-order valence-electron chi connectivity index (χ0n) is 24.1. The van der Waals surface area contributed by atoms with Crippen molar-refractivity contribution in [2.24, 2.45) is 23.2 Å².